The molecule has 1 aromatic carbocycles. The zero-order valence-corrected chi connectivity index (χ0v) is 12.8. The summed E-state index contributed by atoms with van der Waals surface area (Å²) in [7, 11) is 0. The van der Waals surface area contributed by atoms with Crippen LogP contribution in [-0.4, -0.2) is 29.3 Å². The van der Waals surface area contributed by atoms with Crippen molar-refractivity contribution in [2.75, 3.05) is 11.4 Å². The van der Waals surface area contributed by atoms with Gasteiger partial charge in [-0.3, -0.25) is 0 Å². The number of anilines is 1. The van der Waals surface area contributed by atoms with Gasteiger partial charge in [-0.2, -0.15) is 0 Å². The van der Waals surface area contributed by atoms with E-state index >= 15 is 0 Å². The number of carboxylic acids is 1. The summed E-state index contributed by atoms with van der Waals surface area (Å²) in [6.07, 6.45) is 0. The molecule has 110 valence electrons. The Morgan fingerprint density at radius 3 is 2.55 bits per heavy atom. The summed E-state index contributed by atoms with van der Waals surface area (Å²) in [5, 5.41) is 9.33. The fourth-order valence-electron chi connectivity index (χ4n) is 2.51. The number of nitrogens with zero attached hydrogens (tertiary/aromatic N) is 1. The van der Waals surface area contributed by atoms with E-state index in [-0.39, 0.29) is 0 Å². The van der Waals surface area contributed by atoms with E-state index in [2.05, 4.69) is 26.0 Å². The van der Waals surface area contributed by atoms with Crippen molar-refractivity contribution in [3.8, 4) is 5.75 Å². The molecule has 0 bridgehead atoms. The molecule has 0 saturated carbocycles. The Morgan fingerprint density at radius 1 is 1.35 bits per heavy atom. The maximum atomic E-state index is 11.4. The van der Waals surface area contributed by atoms with E-state index in [9.17, 15) is 9.90 Å². The average molecular weight is 277 g/mol. The van der Waals surface area contributed by atoms with Crippen molar-refractivity contribution in [3.63, 3.8) is 0 Å². The molecule has 1 unspecified atom stereocenters. The lowest BCUT2D eigenvalue weighted by atomic mass is 9.98. The van der Waals surface area contributed by atoms with Gasteiger partial charge in [0.15, 0.2) is 0 Å². The lowest BCUT2D eigenvalue weighted by molar-refractivity contribution is -0.138. The Morgan fingerprint density at radius 2 is 2.00 bits per heavy atom. The average Bonchev–Trinajstić information content (AvgIpc) is 2.35. The fourth-order valence-corrected chi connectivity index (χ4v) is 2.51. The minimum Gasteiger partial charge on any atom is -0.484 e. The number of rotatable bonds is 3. The maximum Gasteiger partial charge on any atom is 0.326 e. The minimum absolute atomic E-state index is 0.393. The highest BCUT2D eigenvalue weighted by Crippen LogP contribution is 2.39. The third-order valence-electron chi connectivity index (χ3n) is 3.72. The fraction of sp³-hybridized carbons (Fsp3) is 0.562. The largest absolute Gasteiger partial charge is 0.484 e. The first-order chi connectivity index (χ1) is 9.21. The third-order valence-corrected chi connectivity index (χ3v) is 3.72. The van der Waals surface area contributed by atoms with Gasteiger partial charge in [-0.25, -0.2) is 4.79 Å². The summed E-state index contributed by atoms with van der Waals surface area (Å²) in [6.45, 7) is 10.5. The number of carbonyl (C=O) groups is 1. The van der Waals surface area contributed by atoms with Crippen LogP contribution in [0.25, 0.3) is 0 Å². The van der Waals surface area contributed by atoms with Crippen LogP contribution >= 0.6 is 0 Å². The van der Waals surface area contributed by atoms with Gasteiger partial charge in [-0.1, -0.05) is 19.9 Å². The molecule has 4 heteroatoms. The molecule has 1 aliphatic heterocycles. The van der Waals surface area contributed by atoms with Crippen LogP contribution in [0.1, 0.15) is 46.1 Å². The summed E-state index contributed by atoms with van der Waals surface area (Å²) < 4.78 is 5.98. The smallest absolute Gasteiger partial charge is 0.326 e. The molecule has 2 rings (SSSR count). The monoisotopic (exact) mass is 277 g/mol. The van der Waals surface area contributed by atoms with E-state index in [0.717, 1.165) is 11.4 Å². The number of hydrogen-bond acceptors (Lipinski definition) is 3. The first-order valence-electron chi connectivity index (χ1n) is 7.04. The van der Waals surface area contributed by atoms with Crippen LogP contribution in [0.3, 0.4) is 0 Å². The van der Waals surface area contributed by atoms with Gasteiger partial charge in [0.25, 0.3) is 0 Å². The van der Waals surface area contributed by atoms with E-state index in [1.807, 2.05) is 24.8 Å². The highest BCUT2D eigenvalue weighted by atomic mass is 16.5. The Balaban J connectivity index is 2.49. The van der Waals surface area contributed by atoms with Crippen molar-refractivity contribution in [2.45, 2.75) is 52.2 Å². The summed E-state index contributed by atoms with van der Waals surface area (Å²) in [5.74, 6) is 0.347. The molecular weight excluding hydrogens is 254 g/mol. The van der Waals surface area contributed by atoms with Crippen LogP contribution in [0.5, 0.6) is 5.75 Å². The second kappa shape index (κ2) is 5.00. The van der Waals surface area contributed by atoms with E-state index < -0.39 is 17.6 Å². The number of carboxylic acid groups (broad SMARTS) is 1. The summed E-state index contributed by atoms with van der Waals surface area (Å²) in [5.41, 5.74) is 1.68. The Labute approximate surface area is 120 Å². The van der Waals surface area contributed by atoms with Gasteiger partial charge in [-0.15, -0.1) is 0 Å². The van der Waals surface area contributed by atoms with E-state index in [1.54, 1.807) is 6.92 Å². The van der Waals surface area contributed by atoms with E-state index in [1.165, 1.54) is 5.56 Å². The number of aliphatic carboxylic acids is 1. The number of ether oxygens (including phenoxy) is 1. The molecule has 0 radical (unpaired) electrons. The highest BCUT2D eigenvalue weighted by molar-refractivity contribution is 5.79. The second-order valence-corrected chi connectivity index (χ2v) is 6.39. The van der Waals surface area contributed by atoms with Crippen LogP contribution in [0.15, 0.2) is 18.2 Å². The van der Waals surface area contributed by atoms with Gasteiger partial charge in [0.05, 0.1) is 12.2 Å². The van der Waals surface area contributed by atoms with Crippen LogP contribution in [0, 0.1) is 0 Å². The van der Waals surface area contributed by atoms with Crippen molar-refractivity contribution in [1.29, 1.82) is 0 Å². The van der Waals surface area contributed by atoms with E-state index in [0.29, 0.717) is 12.5 Å². The molecule has 20 heavy (non-hydrogen) atoms. The van der Waals surface area contributed by atoms with Crippen LogP contribution in [0.4, 0.5) is 5.69 Å². The van der Waals surface area contributed by atoms with E-state index in [4.69, 9.17) is 4.74 Å². The zero-order valence-electron chi connectivity index (χ0n) is 12.8. The van der Waals surface area contributed by atoms with Gasteiger partial charge in [0.2, 0.25) is 0 Å². The molecule has 0 saturated heterocycles. The number of hydrogen-bond donors (Lipinski definition) is 1. The summed E-state index contributed by atoms with van der Waals surface area (Å²) in [6, 6.07) is 5.48. The molecular formula is C16H23NO3. The lowest BCUT2D eigenvalue weighted by Gasteiger charge is -2.42. The summed E-state index contributed by atoms with van der Waals surface area (Å²) >= 11 is 0. The summed E-state index contributed by atoms with van der Waals surface area (Å²) in [4.78, 5) is 13.3. The molecule has 1 N–H and O–H groups in total. The van der Waals surface area contributed by atoms with Crippen LogP contribution in [-0.2, 0) is 4.79 Å². The Bertz CT molecular complexity index is 522. The van der Waals surface area contributed by atoms with Crippen LogP contribution in [0.2, 0.25) is 0 Å². The molecule has 0 spiro atoms. The predicted octanol–water partition coefficient (Wildman–Crippen LogP) is 3.26. The van der Waals surface area contributed by atoms with Gasteiger partial charge >= 0.3 is 5.97 Å². The first kappa shape index (κ1) is 14.7. The lowest BCUT2D eigenvalue weighted by Crippen LogP contribution is -2.52. The molecule has 0 aliphatic carbocycles. The normalized spacial score (nSPS) is 18.4. The highest BCUT2D eigenvalue weighted by Gasteiger charge is 2.36. The van der Waals surface area contributed by atoms with Gasteiger partial charge in [-0.05, 0) is 44.4 Å². The van der Waals surface area contributed by atoms with Crippen molar-refractivity contribution in [1.82, 2.24) is 0 Å². The van der Waals surface area contributed by atoms with Gasteiger partial charge < -0.3 is 14.7 Å². The zero-order chi connectivity index (χ0) is 15.1. The quantitative estimate of drug-likeness (QED) is 0.921. The molecule has 1 aromatic rings. The molecule has 4 nitrogen and oxygen atoms in total. The second-order valence-electron chi connectivity index (χ2n) is 6.39. The number of benzene rings is 1. The first-order valence-corrected chi connectivity index (χ1v) is 7.04. The molecule has 0 fully saturated rings. The Hall–Kier alpha value is -1.71. The molecule has 1 atom stereocenters. The van der Waals surface area contributed by atoms with Gasteiger partial charge in [0.1, 0.15) is 17.4 Å². The Kier molecular flexibility index (Phi) is 3.67. The third kappa shape index (κ3) is 2.74. The standard InChI is InChI=1S/C16H23NO3/c1-10(2)12-6-7-14-13(8-12)17(11(3)15(18)19)9-16(4,5)20-14/h6-8,10-11H,9H2,1-5H3,(H,18,19). The molecule has 0 aromatic heterocycles. The number of fused-ring (bicyclic) bond motifs is 1. The SMILES string of the molecule is CC(C)c1ccc2c(c1)N(C(C)C(=O)O)CC(C)(C)O2. The minimum atomic E-state index is -0.816. The van der Waals surface area contributed by atoms with Crippen molar-refractivity contribution in [3.05, 3.63) is 23.8 Å². The molecule has 1 heterocycles. The predicted molar refractivity (Wildman–Crippen MR) is 79.7 cm³/mol. The van der Waals surface area contributed by atoms with Crippen LogP contribution < -0.4 is 9.64 Å². The van der Waals surface area contributed by atoms with Gasteiger partial charge in [0, 0.05) is 0 Å². The van der Waals surface area contributed by atoms with Crippen molar-refractivity contribution in [2.24, 2.45) is 0 Å². The molecule has 0 amide bonds. The topological polar surface area (TPSA) is 49.8 Å². The maximum absolute atomic E-state index is 11.4. The molecule has 1 aliphatic rings. The van der Waals surface area contributed by atoms with Crippen molar-refractivity contribution >= 4 is 11.7 Å². The van der Waals surface area contributed by atoms with Crippen molar-refractivity contribution < 1.29 is 14.6 Å².